The first-order valence-corrected chi connectivity index (χ1v) is 4.35. The maximum atomic E-state index is 4.41. The molecule has 1 heteroatoms. The molecule has 0 aliphatic carbocycles. The zero-order valence-electron chi connectivity index (χ0n) is 8.60. The maximum Gasteiger partial charge on any atom is 0.0488 e. The molecule has 0 radical (unpaired) electrons. The molecule has 0 amide bonds. The van der Waals surface area contributed by atoms with Gasteiger partial charge >= 0.3 is 0 Å². The molecular weight excluding hydrogens is 146 g/mol. The van der Waals surface area contributed by atoms with E-state index in [1.807, 2.05) is 6.20 Å². The third-order valence-corrected chi connectivity index (χ3v) is 2.19. The van der Waals surface area contributed by atoms with Gasteiger partial charge in [0.1, 0.15) is 0 Å². The highest BCUT2D eigenvalue weighted by atomic mass is 14.7. The summed E-state index contributed by atoms with van der Waals surface area (Å²) in [6.45, 7) is 10.9. The minimum Gasteiger partial charge on any atom is -0.260 e. The third-order valence-electron chi connectivity index (χ3n) is 2.19. The number of aromatic nitrogens is 1. The van der Waals surface area contributed by atoms with Crippen LogP contribution in [0.15, 0.2) is 12.3 Å². The summed E-state index contributed by atoms with van der Waals surface area (Å²) in [5.74, 6) is 0. The fourth-order valence-electron chi connectivity index (χ4n) is 1.39. The summed E-state index contributed by atoms with van der Waals surface area (Å²) in [6.07, 6.45) is 1.89. The van der Waals surface area contributed by atoms with Crippen LogP contribution < -0.4 is 0 Å². The Morgan fingerprint density at radius 3 is 2.17 bits per heavy atom. The van der Waals surface area contributed by atoms with Gasteiger partial charge in [0.05, 0.1) is 0 Å². The van der Waals surface area contributed by atoms with E-state index >= 15 is 0 Å². The van der Waals surface area contributed by atoms with Crippen molar-refractivity contribution >= 4 is 0 Å². The average Bonchev–Trinajstić information content (AvgIpc) is 1.92. The molecule has 66 valence electrons. The molecule has 0 spiro atoms. The first kappa shape index (κ1) is 9.24. The van der Waals surface area contributed by atoms with Crippen LogP contribution in [0, 0.1) is 13.8 Å². The van der Waals surface area contributed by atoms with Crippen LogP contribution in [0.25, 0.3) is 0 Å². The molecule has 1 heterocycles. The van der Waals surface area contributed by atoms with Gasteiger partial charge in [0.25, 0.3) is 0 Å². The summed E-state index contributed by atoms with van der Waals surface area (Å²) in [4.78, 5) is 4.41. The zero-order valence-corrected chi connectivity index (χ0v) is 8.60. The van der Waals surface area contributed by atoms with Crippen LogP contribution in [0.3, 0.4) is 0 Å². The second-order valence-corrected chi connectivity index (χ2v) is 4.35. The Morgan fingerprint density at radius 1 is 1.17 bits per heavy atom. The average molecular weight is 163 g/mol. The molecule has 12 heavy (non-hydrogen) atoms. The smallest absolute Gasteiger partial charge is 0.0488 e. The van der Waals surface area contributed by atoms with E-state index in [-0.39, 0.29) is 5.41 Å². The second-order valence-electron chi connectivity index (χ2n) is 4.35. The van der Waals surface area contributed by atoms with Crippen LogP contribution in [-0.2, 0) is 5.41 Å². The molecule has 0 saturated carbocycles. The lowest BCUT2D eigenvalue weighted by atomic mass is 9.87. The predicted octanol–water partition coefficient (Wildman–Crippen LogP) is 3.00. The summed E-state index contributed by atoms with van der Waals surface area (Å²) in [6, 6.07) is 2.06. The van der Waals surface area contributed by atoms with E-state index in [1.165, 1.54) is 16.8 Å². The van der Waals surface area contributed by atoms with Crippen molar-refractivity contribution in [2.24, 2.45) is 0 Å². The van der Waals surface area contributed by atoms with E-state index in [1.54, 1.807) is 0 Å². The van der Waals surface area contributed by atoms with Gasteiger partial charge in [-0.25, -0.2) is 0 Å². The fourth-order valence-corrected chi connectivity index (χ4v) is 1.39. The van der Waals surface area contributed by atoms with Crippen LogP contribution in [0.1, 0.15) is 37.6 Å². The largest absolute Gasteiger partial charge is 0.260 e. The number of nitrogens with zero attached hydrogens (tertiary/aromatic N) is 1. The van der Waals surface area contributed by atoms with Crippen molar-refractivity contribution in [2.45, 2.75) is 40.0 Å². The molecular formula is C11H17N. The quantitative estimate of drug-likeness (QED) is 0.573. The molecule has 0 aliphatic heterocycles. The van der Waals surface area contributed by atoms with Gasteiger partial charge < -0.3 is 0 Å². The van der Waals surface area contributed by atoms with Crippen LogP contribution >= 0.6 is 0 Å². The molecule has 0 atom stereocenters. The number of hydrogen-bond donors (Lipinski definition) is 0. The summed E-state index contributed by atoms with van der Waals surface area (Å²) >= 11 is 0. The van der Waals surface area contributed by atoms with Crippen molar-refractivity contribution in [2.75, 3.05) is 0 Å². The first-order valence-electron chi connectivity index (χ1n) is 4.35. The standard InChI is InChI=1S/C11H17N/c1-8-6-7-12-10(9(8)2)11(3,4)5/h6-7H,1-5H3. The zero-order chi connectivity index (χ0) is 9.35. The molecule has 1 nitrogen and oxygen atoms in total. The molecule has 1 rings (SSSR count). The molecule has 0 bridgehead atoms. The van der Waals surface area contributed by atoms with Crippen molar-refractivity contribution in [1.29, 1.82) is 0 Å². The van der Waals surface area contributed by atoms with E-state index in [0.29, 0.717) is 0 Å². The number of rotatable bonds is 0. The molecule has 1 aromatic rings. The Labute approximate surface area is 74.8 Å². The molecule has 0 unspecified atom stereocenters. The molecule has 0 aromatic carbocycles. The van der Waals surface area contributed by atoms with Gasteiger partial charge in [-0.3, -0.25) is 4.98 Å². The minimum absolute atomic E-state index is 0.163. The van der Waals surface area contributed by atoms with Crippen molar-refractivity contribution in [3.63, 3.8) is 0 Å². The van der Waals surface area contributed by atoms with E-state index in [0.717, 1.165) is 0 Å². The Balaban J connectivity index is 3.26. The van der Waals surface area contributed by atoms with Gasteiger partial charge in [0, 0.05) is 17.3 Å². The van der Waals surface area contributed by atoms with Crippen LogP contribution in [0.4, 0.5) is 0 Å². The SMILES string of the molecule is Cc1ccnc(C(C)(C)C)c1C. The van der Waals surface area contributed by atoms with E-state index in [2.05, 4.69) is 45.7 Å². The Morgan fingerprint density at radius 2 is 1.75 bits per heavy atom. The Kier molecular flexibility index (Phi) is 2.22. The summed E-state index contributed by atoms with van der Waals surface area (Å²) in [5, 5.41) is 0. The lowest BCUT2D eigenvalue weighted by Crippen LogP contribution is -2.15. The minimum atomic E-state index is 0.163. The molecule has 0 fully saturated rings. The van der Waals surface area contributed by atoms with Gasteiger partial charge in [-0.1, -0.05) is 20.8 Å². The number of hydrogen-bond acceptors (Lipinski definition) is 1. The lowest BCUT2D eigenvalue weighted by Gasteiger charge is -2.20. The highest BCUT2D eigenvalue weighted by molar-refractivity contribution is 5.31. The predicted molar refractivity (Wildman–Crippen MR) is 52.4 cm³/mol. The highest BCUT2D eigenvalue weighted by Crippen LogP contribution is 2.24. The maximum absolute atomic E-state index is 4.41. The summed E-state index contributed by atoms with van der Waals surface area (Å²) < 4.78 is 0. The van der Waals surface area contributed by atoms with Crippen molar-refractivity contribution in [1.82, 2.24) is 4.98 Å². The van der Waals surface area contributed by atoms with E-state index in [9.17, 15) is 0 Å². The van der Waals surface area contributed by atoms with Crippen LogP contribution in [0.2, 0.25) is 0 Å². The first-order chi connectivity index (χ1) is 5.43. The normalized spacial score (nSPS) is 11.8. The Bertz CT molecular complexity index is 282. The van der Waals surface area contributed by atoms with Gasteiger partial charge in [0.15, 0.2) is 0 Å². The Hall–Kier alpha value is -0.850. The van der Waals surface area contributed by atoms with Gasteiger partial charge in [-0.15, -0.1) is 0 Å². The van der Waals surface area contributed by atoms with Crippen LogP contribution in [-0.4, -0.2) is 4.98 Å². The molecule has 1 aromatic heterocycles. The summed E-state index contributed by atoms with van der Waals surface area (Å²) in [5.41, 5.74) is 4.03. The number of pyridine rings is 1. The fraction of sp³-hybridized carbons (Fsp3) is 0.545. The van der Waals surface area contributed by atoms with Crippen molar-refractivity contribution in [3.05, 3.63) is 29.1 Å². The van der Waals surface area contributed by atoms with Crippen LogP contribution in [0.5, 0.6) is 0 Å². The van der Waals surface area contributed by atoms with E-state index in [4.69, 9.17) is 0 Å². The monoisotopic (exact) mass is 163 g/mol. The van der Waals surface area contributed by atoms with Crippen molar-refractivity contribution < 1.29 is 0 Å². The lowest BCUT2D eigenvalue weighted by molar-refractivity contribution is 0.563. The molecule has 0 aliphatic rings. The van der Waals surface area contributed by atoms with E-state index < -0.39 is 0 Å². The second kappa shape index (κ2) is 2.89. The molecule has 0 N–H and O–H groups in total. The number of aryl methyl sites for hydroxylation is 1. The third kappa shape index (κ3) is 1.66. The topological polar surface area (TPSA) is 12.9 Å². The van der Waals surface area contributed by atoms with Gasteiger partial charge in [0.2, 0.25) is 0 Å². The molecule has 0 saturated heterocycles. The highest BCUT2D eigenvalue weighted by Gasteiger charge is 2.17. The summed E-state index contributed by atoms with van der Waals surface area (Å²) in [7, 11) is 0. The van der Waals surface area contributed by atoms with Crippen molar-refractivity contribution in [3.8, 4) is 0 Å². The van der Waals surface area contributed by atoms with Gasteiger partial charge in [-0.05, 0) is 31.0 Å². The van der Waals surface area contributed by atoms with Gasteiger partial charge in [-0.2, -0.15) is 0 Å².